The molecule has 22 heavy (non-hydrogen) atoms. The van der Waals surface area contributed by atoms with Crippen LogP contribution in [0.2, 0.25) is 0 Å². The summed E-state index contributed by atoms with van der Waals surface area (Å²) in [5.74, 6) is 0.306. The molecule has 0 unspecified atom stereocenters. The summed E-state index contributed by atoms with van der Waals surface area (Å²) >= 11 is 0. The van der Waals surface area contributed by atoms with E-state index in [0.29, 0.717) is 19.0 Å². The maximum Gasteiger partial charge on any atom is 0.336 e. The average molecular weight is 304 g/mol. The molecule has 0 amide bonds. The Bertz CT molecular complexity index is 636. The van der Waals surface area contributed by atoms with E-state index in [4.69, 9.17) is 13.9 Å². The molecule has 1 aromatic heterocycles. The molecule has 2 aromatic rings. The molecular formula is C16H20N2O4. The molecule has 0 N–H and O–H groups in total. The zero-order chi connectivity index (χ0) is 15.7. The monoisotopic (exact) mass is 304 g/mol. The maximum atomic E-state index is 11.7. The third-order valence-corrected chi connectivity index (χ3v) is 3.97. The molecule has 1 aliphatic heterocycles. The molecule has 118 valence electrons. The Labute approximate surface area is 129 Å². The van der Waals surface area contributed by atoms with E-state index >= 15 is 0 Å². The van der Waals surface area contributed by atoms with Crippen molar-refractivity contribution >= 4 is 17.1 Å². The van der Waals surface area contributed by atoms with Crippen LogP contribution in [0.25, 0.3) is 11.1 Å². The van der Waals surface area contributed by atoms with Gasteiger partial charge in [-0.2, -0.15) is 0 Å². The summed E-state index contributed by atoms with van der Waals surface area (Å²) in [6.07, 6.45) is -0.620. The van der Waals surface area contributed by atoms with Gasteiger partial charge in [-0.25, -0.2) is 9.78 Å². The van der Waals surface area contributed by atoms with Gasteiger partial charge in [-0.3, -0.25) is 4.90 Å². The number of para-hydroxylation sites is 2. The number of hydrogen-bond donors (Lipinski definition) is 0. The van der Waals surface area contributed by atoms with E-state index in [0.717, 1.165) is 11.1 Å². The van der Waals surface area contributed by atoms with E-state index in [-0.39, 0.29) is 18.1 Å². The van der Waals surface area contributed by atoms with Crippen LogP contribution in [-0.2, 0) is 14.3 Å². The number of carbonyl (C=O) groups is 1. The van der Waals surface area contributed by atoms with Crippen LogP contribution in [0.4, 0.5) is 0 Å². The van der Waals surface area contributed by atoms with Gasteiger partial charge in [-0.05, 0) is 26.0 Å². The van der Waals surface area contributed by atoms with Crippen molar-refractivity contribution in [1.29, 1.82) is 0 Å². The fraction of sp³-hybridized carbons (Fsp3) is 0.500. The van der Waals surface area contributed by atoms with Crippen LogP contribution < -0.4 is 0 Å². The lowest BCUT2D eigenvalue weighted by Gasteiger charge is -2.37. The summed E-state index contributed by atoms with van der Waals surface area (Å²) in [6, 6.07) is 7.65. The maximum absolute atomic E-state index is 11.7. The number of rotatable bonds is 3. The number of aromatic nitrogens is 1. The number of carbonyl (C=O) groups excluding carboxylic acids is 1. The smallest absolute Gasteiger partial charge is 0.336 e. The van der Waals surface area contributed by atoms with Gasteiger partial charge in [0.2, 0.25) is 5.89 Å². The molecule has 3 rings (SSSR count). The Morgan fingerprint density at radius 3 is 2.91 bits per heavy atom. The molecule has 0 radical (unpaired) electrons. The zero-order valence-corrected chi connectivity index (χ0v) is 13.0. The molecule has 6 heteroatoms. The van der Waals surface area contributed by atoms with Crippen LogP contribution in [-0.4, -0.2) is 48.3 Å². The summed E-state index contributed by atoms with van der Waals surface area (Å²) in [5, 5.41) is 0. The first-order valence-corrected chi connectivity index (χ1v) is 7.41. The fourth-order valence-electron chi connectivity index (χ4n) is 2.79. The molecule has 1 fully saturated rings. The standard InChI is InChI=1S/C16H20N2O4/c1-10-8-18(9-14(21-10)16(19)20-3)11(2)15-17-12-6-4-5-7-13(12)22-15/h4-7,10-11,14H,8-9H2,1-3H3/t10-,11+,14-/m1/s1. The number of nitrogens with zero attached hydrogens (tertiary/aromatic N) is 2. The van der Waals surface area contributed by atoms with E-state index in [2.05, 4.69) is 9.88 Å². The predicted octanol–water partition coefficient (Wildman–Crippen LogP) is 2.15. The third-order valence-electron chi connectivity index (χ3n) is 3.97. The number of oxazole rings is 1. The van der Waals surface area contributed by atoms with Gasteiger partial charge in [0.25, 0.3) is 0 Å². The van der Waals surface area contributed by atoms with Crippen molar-refractivity contribution in [2.45, 2.75) is 32.1 Å². The minimum absolute atomic E-state index is 0.0362. The molecular weight excluding hydrogens is 284 g/mol. The molecule has 2 heterocycles. The Balaban J connectivity index is 1.80. The lowest BCUT2D eigenvalue weighted by molar-refractivity contribution is -0.168. The molecule has 3 atom stereocenters. The van der Waals surface area contributed by atoms with Crippen LogP contribution in [0.3, 0.4) is 0 Å². The number of hydrogen-bond acceptors (Lipinski definition) is 6. The van der Waals surface area contributed by atoms with Crippen LogP contribution in [0.5, 0.6) is 0 Å². The predicted molar refractivity (Wildman–Crippen MR) is 80.3 cm³/mol. The molecule has 0 aliphatic carbocycles. The Morgan fingerprint density at radius 1 is 1.41 bits per heavy atom. The van der Waals surface area contributed by atoms with Gasteiger partial charge in [0.05, 0.1) is 19.3 Å². The Hall–Kier alpha value is -1.92. The lowest BCUT2D eigenvalue weighted by Crippen LogP contribution is -2.50. The first kappa shape index (κ1) is 15.0. The number of methoxy groups -OCH3 is 1. The summed E-state index contributed by atoms with van der Waals surface area (Å²) < 4.78 is 16.3. The van der Waals surface area contributed by atoms with Gasteiger partial charge in [-0.15, -0.1) is 0 Å². The number of benzene rings is 1. The largest absolute Gasteiger partial charge is 0.467 e. The summed E-state index contributed by atoms with van der Waals surface area (Å²) in [5.41, 5.74) is 1.62. The van der Waals surface area contributed by atoms with Gasteiger partial charge in [0, 0.05) is 13.1 Å². The van der Waals surface area contributed by atoms with Crippen molar-refractivity contribution in [3.05, 3.63) is 30.2 Å². The third kappa shape index (κ3) is 2.84. The van der Waals surface area contributed by atoms with Crippen molar-refractivity contribution in [3.63, 3.8) is 0 Å². The van der Waals surface area contributed by atoms with Gasteiger partial charge >= 0.3 is 5.97 Å². The number of morpholine rings is 1. The topological polar surface area (TPSA) is 64.8 Å². The number of esters is 1. The van der Waals surface area contributed by atoms with Gasteiger partial charge in [0.15, 0.2) is 11.7 Å². The number of fused-ring (bicyclic) bond motifs is 1. The molecule has 6 nitrogen and oxygen atoms in total. The first-order valence-electron chi connectivity index (χ1n) is 7.41. The van der Waals surface area contributed by atoms with Crippen LogP contribution in [0.15, 0.2) is 28.7 Å². The average Bonchev–Trinajstić information content (AvgIpc) is 2.96. The van der Waals surface area contributed by atoms with E-state index in [9.17, 15) is 4.79 Å². The summed E-state index contributed by atoms with van der Waals surface area (Å²) in [6.45, 7) is 5.16. The van der Waals surface area contributed by atoms with Crippen LogP contribution in [0.1, 0.15) is 25.8 Å². The van der Waals surface area contributed by atoms with E-state index in [1.54, 1.807) is 0 Å². The second-order valence-electron chi connectivity index (χ2n) is 5.61. The van der Waals surface area contributed by atoms with Crippen molar-refractivity contribution in [2.75, 3.05) is 20.2 Å². The van der Waals surface area contributed by atoms with Crippen LogP contribution in [0, 0.1) is 0 Å². The minimum Gasteiger partial charge on any atom is -0.467 e. The highest BCUT2D eigenvalue weighted by atomic mass is 16.6. The van der Waals surface area contributed by atoms with Crippen molar-refractivity contribution in [3.8, 4) is 0 Å². The van der Waals surface area contributed by atoms with E-state index in [1.165, 1.54) is 7.11 Å². The number of ether oxygens (including phenoxy) is 2. The Kier molecular flexibility index (Phi) is 4.13. The highest BCUT2D eigenvalue weighted by Crippen LogP contribution is 2.27. The SMILES string of the molecule is COC(=O)[C@H]1CN([C@@H](C)c2nc3ccccc3o2)C[C@@H](C)O1. The van der Waals surface area contributed by atoms with Crippen molar-refractivity contribution in [1.82, 2.24) is 9.88 Å². The van der Waals surface area contributed by atoms with Crippen molar-refractivity contribution in [2.24, 2.45) is 0 Å². The van der Waals surface area contributed by atoms with Gasteiger partial charge < -0.3 is 13.9 Å². The van der Waals surface area contributed by atoms with Crippen LogP contribution >= 0.6 is 0 Å². The summed E-state index contributed by atoms with van der Waals surface area (Å²) in [7, 11) is 1.37. The molecule has 1 aliphatic rings. The molecule has 0 spiro atoms. The zero-order valence-electron chi connectivity index (χ0n) is 13.0. The minimum atomic E-state index is -0.569. The van der Waals surface area contributed by atoms with Crippen molar-refractivity contribution < 1.29 is 18.7 Å². The molecule has 1 saturated heterocycles. The molecule has 1 aromatic carbocycles. The van der Waals surface area contributed by atoms with Gasteiger partial charge in [-0.1, -0.05) is 12.1 Å². The molecule has 0 bridgehead atoms. The lowest BCUT2D eigenvalue weighted by atomic mass is 10.1. The Morgan fingerprint density at radius 2 is 2.18 bits per heavy atom. The quantitative estimate of drug-likeness (QED) is 0.810. The summed E-state index contributed by atoms with van der Waals surface area (Å²) in [4.78, 5) is 18.4. The van der Waals surface area contributed by atoms with Gasteiger partial charge in [0.1, 0.15) is 5.52 Å². The fourth-order valence-corrected chi connectivity index (χ4v) is 2.79. The highest BCUT2D eigenvalue weighted by Gasteiger charge is 2.34. The highest BCUT2D eigenvalue weighted by molar-refractivity contribution is 5.75. The van der Waals surface area contributed by atoms with E-state index in [1.807, 2.05) is 38.1 Å². The second-order valence-corrected chi connectivity index (χ2v) is 5.61. The second kappa shape index (κ2) is 6.06. The first-order chi connectivity index (χ1) is 10.6. The normalized spacial score (nSPS) is 24.3. The van der Waals surface area contributed by atoms with E-state index < -0.39 is 6.10 Å². The molecule has 0 saturated carbocycles.